The van der Waals surface area contributed by atoms with Crippen LogP contribution in [0.25, 0.3) is 6.08 Å². The van der Waals surface area contributed by atoms with Gasteiger partial charge in [-0.25, -0.2) is 0 Å². The van der Waals surface area contributed by atoms with E-state index >= 15 is 0 Å². The van der Waals surface area contributed by atoms with Gasteiger partial charge in [0.05, 0.1) is 5.57 Å². The number of aliphatic hydroxyl groups is 1. The first-order valence-corrected chi connectivity index (χ1v) is 7.25. The molecule has 1 atom stereocenters. The summed E-state index contributed by atoms with van der Waals surface area (Å²) in [6, 6.07) is 6.28. The summed E-state index contributed by atoms with van der Waals surface area (Å²) in [5.74, 6) is -0.617. The minimum absolute atomic E-state index is 0.0214. The zero-order chi connectivity index (χ0) is 17.0. The van der Waals surface area contributed by atoms with Gasteiger partial charge in [0.15, 0.2) is 0 Å². The molecular weight excluding hydrogens is 311 g/mol. The summed E-state index contributed by atoms with van der Waals surface area (Å²) in [5.41, 5.74) is 0.0165. The number of rotatable bonds is 5. The highest BCUT2D eigenvalue weighted by Crippen LogP contribution is 2.37. The Balaban J connectivity index is 2.28. The molecule has 7 heteroatoms. The second-order valence-corrected chi connectivity index (χ2v) is 5.33. The van der Waals surface area contributed by atoms with Crippen molar-refractivity contribution in [2.45, 2.75) is 25.1 Å². The topological polar surface area (TPSA) is 49.8 Å². The predicted octanol–water partition coefficient (Wildman–Crippen LogP) is 2.62. The number of hydrogen-bond acceptors (Lipinski definition) is 3. The van der Waals surface area contributed by atoms with E-state index in [0.717, 1.165) is 0 Å². The molecule has 0 spiro atoms. The summed E-state index contributed by atoms with van der Waals surface area (Å²) in [6.07, 6.45) is -4.72. The van der Waals surface area contributed by atoms with Crippen LogP contribution < -0.4 is 4.74 Å². The van der Waals surface area contributed by atoms with Gasteiger partial charge in [-0.05, 0) is 25.0 Å². The largest absolute Gasteiger partial charge is 0.475 e. The molecule has 1 heterocycles. The second-order valence-electron chi connectivity index (χ2n) is 5.33. The number of aliphatic hydroxyl groups excluding tert-OH is 1. The lowest BCUT2D eigenvalue weighted by Gasteiger charge is -2.30. The number of halogens is 3. The molecule has 0 fully saturated rings. The molecule has 1 N–H and O–H groups in total. The minimum Gasteiger partial charge on any atom is -0.475 e. The summed E-state index contributed by atoms with van der Waals surface area (Å²) >= 11 is 0. The fraction of sp³-hybridized carbons (Fsp3) is 0.438. The van der Waals surface area contributed by atoms with Crippen LogP contribution in [-0.2, 0) is 4.79 Å². The van der Waals surface area contributed by atoms with Crippen LogP contribution in [0.2, 0.25) is 0 Å². The molecule has 1 amide bonds. The van der Waals surface area contributed by atoms with E-state index in [9.17, 15) is 18.0 Å². The highest BCUT2D eigenvalue weighted by molar-refractivity contribution is 6.00. The normalized spacial score (nSPS) is 17.1. The second kappa shape index (κ2) is 7.04. The van der Waals surface area contributed by atoms with Gasteiger partial charge in [-0.15, -0.1) is 0 Å². The third-order valence-corrected chi connectivity index (χ3v) is 3.55. The third kappa shape index (κ3) is 4.04. The van der Waals surface area contributed by atoms with E-state index in [2.05, 4.69) is 0 Å². The maximum absolute atomic E-state index is 13.2. The van der Waals surface area contributed by atoms with Crippen LogP contribution in [0.3, 0.4) is 0 Å². The van der Waals surface area contributed by atoms with Gasteiger partial charge >= 0.3 is 6.18 Å². The Morgan fingerprint density at radius 1 is 1.30 bits per heavy atom. The zero-order valence-corrected chi connectivity index (χ0v) is 12.6. The zero-order valence-electron chi connectivity index (χ0n) is 12.6. The van der Waals surface area contributed by atoms with Crippen molar-refractivity contribution in [2.24, 2.45) is 0 Å². The molecule has 0 bridgehead atoms. The Morgan fingerprint density at radius 3 is 2.65 bits per heavy atom. The Kier molecular flexibility index (Phi) is 5.30. The molecule has 0 aliphatic carbocycles. The van der Waals surface area contributed by atoms with Crippen LogP contribution in [-0.4, -0.2) is 48.4 Å². The van der Waals surface area contributed by atoms with Crippen LogP contribution in [0.5, 0.6) is 5.75 Å². The molecule has 0 saturated carbocycles. The standard InChI is InChI=1S/C16H18F3NO3/c1-20(8-4-5-9-21)15(22)12-10-11-6-2-3-7-13(11)23-14(12)16(17,18)19/h2-3,6-7,10,14,21H,4-5,8-9H2,1H3. The van der Waals surface area contributed by atoms with Gasteiger partial charge in [0.1, 0.15) is 5.75 Å². The first kappa shape index (κ1) is 17.3. The Bertz CT molecular complexity index is 598. The van der Waals surface area contributed by atoms with Crippen molar-refractivity contribution in [3.63, 3.8) is 0 Å². The number of nitrogens with zero attached hydrogens (tertiary/aromatic N) is 1. The maximum Gasteiger partial charge on any atom is 0.429 e. The van der Waals surface area contributed by atoms with Gasteiger partial charge in [-0.1, -0.05) is 18.2 Å². The van der Waals surface area contributed by atoms with Crippen molar-refractivity contribution in [2.75, 3.05) is 20.2 Å². The Labute approximate surface area is 132 Å². The van der Waals surface area contributed by atoms with Gasteiger partial charge in [0.25, 0.3) is 5.91 Å². The van der Waals surface area contributed by atoms with E-state index in [-0.39, 0.29) is 18.9 Å². The fourth-order valence-electron chi connectivity index (χ4n) is 2.34. The van der Waals surface area contributed by atoms with Gasteiger partial charge in [0.2, 0.25) is 6.10 Å². The van der Waals surface area contributed by atoms with Crippen LogP contribution in [0.15, 0.2) is 29.8 Å². The average molecular weight is 329 g/mol. The molecule has 0 aromatic heterocycles. The van der Waals surface area contributed by atoms with Crippen molar-refractivity contribution in [3.05, 3.63) is 35.4 Å². The number of benzene rings is 1. The van der Waals surface area contributed by atoms with E-state index in [4.69, 9.17) is 9.84 Å². The molecule has 1 aliphatic heterocycles. The highest BCUT2D eigenvalue weighted by Gasteiger charge is 2.48. The van der Waals surface area contributed by atoms with Crippen LogP contribution >= 0.6 is 0 Å². The van der Waals surface area contributed by atoms with Crippen molar-refractivity contribution in [3.8, 4) is 5.75 Å². The van der Waals surface area contributed by atoms with Crippen molar-refractivity contribution >= 4 is 12.0 Å². The number of hydrogen-bond donors (Lipinski definition) is 1. The molecule has 0 saturated heterocycles. The number of carbonyl (C=O) groups excluding carboxylic acids is 1. The SMILES string of the molecule is CN(CCCCO)C(=O)C1=Cc2ccccc2OC1C(F)(F)F. The Hall–Kier alpha value is -2.02. The van der Waals surface area contributed by atoms with Gasteiger partial charge in [-0.2, -0.15) is 13.2 Å². The molecule has 4 nitrogen and oxygen atoms in total. The number of carbonyl (C=O) groups is 1. The van der Waals surface area contributed by atoms with E-state index in [1.54, 1.807) is 18.2 Å². The molecule has 1 aromatic carbocycles. The molecular formula is C16H18F3NO3. The van der Waals surface area contributed by atoms with Crippen LogP contribution in [0, 0.1) is 0 Å². The molecule has 23 heavy (non-hydrogen) atoms. The van der Waals surface area contributed by atoms with Crippen molar-refractivity contribution in [1.82, 2.24) is 4.90 Å². The first-order valence-electron chi connectivity index (χ1n) is 7.25. The van der Waals surface area contributed by atoms with Crippen molar-refractivity contribution in [1.29, 1.82) is 0 Å². The molecule has 1 aromatic rings. The van der Waals surface area contributed by atoms with E-state index in [0.29, 0.717) is 18.4 Å². The summed E-state index contributed by atoms with van der Waals surface area (Å²) in [4.78, 5) is 13.6. The van der Waals surface area contributed by atoms with Crippen LogP contribution in [0.4, 0.5) is 13.2 Å². The first-order chi connectivity index (χ1) is 10.8. The van der Waals surface area contributed by atoms with E-state index in [1.807, 2.05) is 0 Å². The minimum atomic E-state index is -4.68. The smallest absolute Gasteiger partial charge is 0.429 e. The number of unbranched alkanes of at least 4 members (excludes halogenated alkanes) is 1. The number of para-hydroxylation sites is 1. The lowest BCUT2D eigenvalue weighted by Crippen LogP contribution is -2.44. The summed E-state index contributed by atoms with van der Waals surface area (Å²) in [6.45, 7) is 0.245. The number of alkyl halides is 3. The van der Waals surface area contributed by atoms with Crippen LogP contribution in [0.1, 0.15) is 18.4 Å². The molecule has 2 rings (SSSR count). The van der Waals surface area contributed by atoms with Gasteiger partial charge < -0.3 is 14.7 Å². The Morgan fingerprint density at radius 2 is 2.00 bits per heavy atom. The highest BCUT2D eigenvalue weighted by atomic mass is 19.4. The lowest BCUT2D eigenvalue weighted by atomic mass is 10.00. The molecule has 126 valence electrons. The average Bonchev–Trinajstić information content (AvgIpc) is 2.52. The molecule has 1 aliphatic rings. The number of amides is 1. The number of likely N-dealkylation sites (N-methyl/N-ethyl adjacent to an activating group) is 1. The molecule has 1 unspecified atom stereocenters. The maximum atomic E-state index is 13.2. The number of fused-ring (bicyclic) bond motifs is 1. The van der Waals surface area contributed by atoms with E-state index < -0.39 is 23.8 Å². The van der Waals surface area contributed by atoms with Gasteiger partial charge in [0, 0.05) is 25.8 Å². The van der Waals surface area contributed by atoms with E-state index in [1.165, 1.54) is 24.1 Å². The molecule has 0 radical (unpaired) electrons. The van der Waals surface area contributed by atoms with Gasteiger partial charge in [-0.3, -0.25) is 4.79 Å². The summed E-state index contributed by atoms with van der Waals surface area (Å²) in [7, 11) is 1.44. The lowest BCUT2D eigenvalue weighted by molar-refractivity contribution is -0.186. The number of ether oxygens (including phenoxy) is 1. The summed E-state index contributed by atoms with van der Waals surface area (Å²) < 4.78 is 44.8. The monoisotopic (exact) mass is 329 g/mol. The predicted molar refractivity (Wildman–Crippen MR) is 78.8 cm³/mol. The summed E-state index contributed by atoms with van der Waals surface area (Å²) in [5, 5.41) is 8.74. The fourth-order valence-corrected chi connectivity index (χ4v) is 2.34. The quantitative estimate of drug-likeness (QED) is 0.845. The van der Waals surface area contributed by atoms with Crippen molar-refractivity contribution < 1.29 is 27.8 Å². The third-order valence-electron chi connectivity index (χ3n) is 3.55.